The third kappa shape index (κ3) is 4.60. The third-order valence-electron chi connectivity index (χ3n) is 3.58. The molecule has 0 aliphatic carbocycles. The molecule has 2 rings (SSSR count). The van der Waals surface area contributed by atoms with Crippen LogP contribution in [-0.2, 0) is 55.8 Å². The average molecular weight is 480 g/mol. The Labute approximate surface area is 168 Å². The summed E-state index contributed by atoms with van der Waals surface area (Å²) in [7, 11) is -1.22. The van der Waals surface area contributed by atoms with Crippen molar-refractivity contribution in [1.82, 2.24) is 0 Å². The van der Waals surface area contributed by atoms with Crippen LogP contribution < -0.4 is 4.90 Å². The molecule has 11 heteroatoms. The monoisotopic (exact) mass is 482 g/mol. The molecular formula is C15H18MoN3O5S2-. The van der Waals surface area contributed by atoms with Crippen LogP contribution in [0.15, 0.2) is 33.3 Å². The van der Waals surface area contributed by atoms with Gasteiger partial charge in [-0.3, -0.25) is 0 Å². The molecule has 2 aromatic rings. The van der Waals surface area contributed by atoms with E-state index in [1.165, 1.54) is 13.1 Å². The molecule has 8 nitrogen and oxygen atoms in total. The van der Waals surface area contributed by atoms with Gasteiger partial charge in [0.2, 0.25) is 0 Å². The Kier molecular flexibility index (Phi) is 7.32. The van der Waals surface area contributed by atoms with Gasteiger partial charge < -0.3 is 18.4 Å². The maximum atomic E-state index is 11.6. The van der Waals surface area contributed by atoms with Crippen LogP contribution in [0.25, 0.3) is 10.8 Å². The van der Waals surface area contributed by atoms with Crippen LogP contribution in [-0.4, -0.2) is 40.9 Å². The Bertz CT molecular complexity index is 1040. The van der Waals surface area contributed by atoms with Gasteiger partial charge in [-0.05, 0) is 28.4 Å². The number of benzene rings is 2. The van der Waals surface area contributed by atoms with Crippen LogP contribution in [0.5, 0.6) is 5.75 Å². The van der Waals surface area contributed by atoms with E-state index in [1.54, 1.807) is 31.1 Å². The molecule has 0 amide bonds. The normalized spacial score (nSPS) is 11.9. The fourth-order valence-electron chi connectivity index (χ4n) is 2.56. The first kappa shape index (κ1) is 22.5. The van der Waals surface area contributed by atoms with Crippen LogP contribution in [0, 0.1) is 0 Å². The smallest absolute Gasteiger partial charge is 0.151 e. The quantitative estimate of drug-likeness (QED) is 0.400. The van der Waals surface area contributed by atoms with Crippen LogP contribution in [0.3, 0.4) is 0 Å². The first-order valence-electron chi connectivity index (χ1n) is 7.12. The fourth-order valence-corrected chi connectivity index (χ4v) is 4.06. The minimum atomic E-state index is -3.55. The van der Waals surface area contributed by atoms with Gasteiger partial charge in [-0.15, -0.1) is 0 Å². The van der Waals surface area contributed by atoms with Crippen LogP contribution in [0.1, 0.15) is 5.56 Å². The Morgan fingerprint density at radius 2 is 1.81 bits per heavy atom. The van der Waals surface area contributed by atoms with Crippen LogP contribution in [0.2, 0.25) is 0 Å². The van der Waals surface area contributed by atoms with Crippen LogP contribution >= 0.6 is 0 Å². The van der Waals surface area contributed by atoms with E-state index in [2.05, 4.69) is 10.2 Å². The molecule has 0 saturated heterocycles. The molecule has 0 fully saturated rings. The molecule has 0 atom stereocenters. The molecule has 1 N–H and O–H groups in total. The number of sulfone groups is 1. The Morgan fingerprint density at radius 3 is 2.27 bits per heavy atom. The second kappa shape index (κ2) is 8.45. The molecule has 0 unspecified atom stereocenters. The maximum absolute atomic E-state index is 11.6. The molecule has 0 heterocycles. The molecule has 2 aromatic carbocycles. The summed E-state index contributed by atoms with van der Waals surface area (Å²) < 4.78 is 46.5. The Hall–Kier alpha value is -1.51. The third-order valence-corrected chi connectivity index (χ3v) is 5.11. The van der Waals surface area contributed by atoms with Gasteiger partial charge in [0.05, 0.1) is 11.4 Å². The first-order chi connectivity index (χ1) is 11.6. The van der Waals surface area contributed by atoms with E-state index in [9.17, 15) is 21.9 Å². The van der Waals surface area contributed by atoms with Gasteiger partial charge in [0, 0.05) is 59.2 Å². The van der Waals surface area contributed by atoms with Gasteiger partial charge in [-0.1, -0.05) is 11.0 Å². The summed E-state index contributed by atoms with van der Waals surface area (Å²) >= 11 is 0. The van der Waals surface area contributed by atoms with Crippen molar-refractivity contribution in [2.75, 3.05) is 32.3 Å². The van der Waals surface area contributed by atoms with Gasteiger partial charge in [0.1, 0.15) is 11.4 Å². The second-order valence-corrected chi connectivity index (χ2v) is 8.78. The van der Waals surface area contributed by atoms with Crippen molar-refractivity contribution >= 4 is 42.7 Å². The summed E-state index contributed by atoms with van der Waals surface area (Å²) in [4.78, 5) is 1.50. The number of anilines is 1. The zero-order valence-corrected chi connectivity index (χ0v) is 18.2. The van der Waals surface area contributed by atoms with Gasteiger partial charge in [0.15, 0.2) is 9.84 Å². The number of hydrogen-bond donors (Lipinski definition) is 1. The largest absolute Gasteiger partial charge is 0.507 e. The van der Waals surface area contributed by atoms with Crippen molar-refractivity contribution in [2.45, 2.75) is 10.6 Å². The molecule has 0 aromatic heterocycles. The van der Waals surface area contributed by atoms with Gasteiger partial charge in [0.25, 0.3) is 0 Å². The van der Waals surface area contributed by atoms with Gasteiger partial charge >= 0.3 is 0 Å². The molecular weight excluding hydrogens is 462 g/mol. The van der Waals surface area contributed by atoms with E-state index in [-0.39, 0.29) is 37.3 Å². The molecule has 0 bridgehead atoms. The number of rotatable bonds is 5. The summed E-state index contributed by atoms with van der Waals surface area (Å²) in [5.41, 5.74) is 0.911. The van der Waals surface area contributed by atoms with Crippen molar-refractivity contribution in [3.8, 4) is 5.75 Å². The molecule has 26 heavy (non-hydrogen) atoms. The summed E-state index contributed by atoms with van der Waals surface area (Å²) in [6, 6.07) is 4.61. The number of phenolic OH excluding ortho intramolecular Hbond substituents is 1. The summed E-state index contributed by atoms with van der Waals surface area (Å²) in [6.45, 7) is 0. The summed E-state index contributed by atoms with van der Waals surface area (Å²) in [6.07, 6.45) is 0.972. The predicted octanol–water partition coefficient (Wildman–Crippen LogP) is 2.54. The SMILES string of the molecule is CN=Nc1c(N(C)C)ccc2c(O)c(CS(C)(=O)=O)c([S-](=O)=O)cc12.[Mo]. The van der Waals surface area contributed by atoms with Gasteiger partial charge in [-0.2, -0.15) is 10.2 Å². The summed E-state index contributed by atoms with van der Waals surface area (Å²) in [5.74, 6) is -0.974. The number of hydrogen-bond acceptors (Lipinski definition) is 9. The average Bonchev–Trinajstić information content (AvgIpc) is 2.48. The van der Waals surface area contributed by atoms with E-state index in [1.807, 2.05) is 0 Å². The van der Waals surface area contributed by atoms with E-state index >= 15 is 0 Å². The van der Waals surface area contributed by atoms with Crippen molar-refractivity contribution in [1.29, 1.82) is 0 Å². The Balaban J connectivity index is 0.00000338. The summed E-state index contributed by atoms with van der Waals surface area (Å²) in [5, 5.41) is 19.0. The van der Waals surface area contributed by atoms with Crippen molar-refractivity contribution in [3.63, 3.8) is 0 Å². The molecule has 0 radical (unpaired) electrons. The molecule has 0 aliphatic heterocycles. The fraction of sp³-hybridized carbons (Fsp3) is 0.333. The minimum Gasteiger partial charge on any atom is -0.507 e. The second-order valence-electron chi connectivity index (χ2n) is 5.73. The van der Waals surface area contributed by atoms with Crippen molar-refractivity contribution in [2.24, 2.45) is 10.2 Å². The van der Waals surface area contributed by atoms with Crippen molar-refractivity contribution < 1.29 is 43.0 Å². The van der Waals surface area contributed by atoms with E-state index in [4.69, 9.17) is 0 Å². The number of aromatic hydroxyl groups is 1. The number of fused-ring (bicyclic) bond motifs is 1. The number of phenols is 1. The zero-order chi connectivity index (χ0) is 18.9. The topological polar surface area (TPSA) is 116 Å². The number of azo groups is 1. The van der Waals surface area contributed by atoms with Crippen LogP contribution in [0.4, 0.5) is 11.4 Å². The molecule has 0 spiro atoms. The zero-order valence-electron chi connectivity index (χ0n) is 14.6. The molecule has 0 aliphatic rings. The van der Waals surface area contributed by atoms with E-state index < -0.39 is 26.3 Å². The predicted molar refractivity (Wildman–Crippen MR) is 95.9 cm³/mol. The molecule has 142 valence electrons. The molecule has 0 saturated carbocycles. The number of nitrogens with zero attached hydrogens (tertiary/aromatic N) is 3. The van der Waals surface area contributed by atoms with E-state index in [0.29, 0.717) is 22.1 Å². The van der Waals surface area contributed by atoms with Gasteiger partial charge in [-0.25, -0.2) is 8.42 Å². The van der Waals surface area contributed by atoms with Crippen molar-refractivity contribution in [3.05, 3.63) is 23.8 Å². The Morgan fingerprint density at radius 1 is 1.19 bits per heavy atom. The maximum Gasteiger partial charge on any atom is 0.151 e. The minimum absolute atomic E-state index is 0. The first-order valence-corrected chi connectivity index (χ1v) is 10.3. The van der Waals surface area contributed by atoms with E-state index in [0.717, 1.165) is 6.26 Å². The standard InChI is InChI=1S/C15H18N3O5S2.Mo/c1-16-17-14-10-7-13(24(20)21)11(8-25(4,22)23)15(19)9(10)5-6-12(14)18(2)3;/h5-7,19H,8H2,1-4H3;/q-1;.